The summed E-state index contributed by atoms with van der Waals surface area (Å²) in [6, 6.07) is 1.93. The average molecular weight is 199 g/mol. The smallest absolute Gasteiger partial charge is 0.237 e. The number of anilines is 1. The second-order valence-corrected chi connectivity index (χ2v) is 2.55. The fourth-order valence-corrected chi connectivity index (χ4v) is 0.805. The first-order chi connectivity index (χ1) is 6.24. The molecule has 0 aliphatic rings. The highest BCUT2D eigenvalue weighted by Gasteiger charge is 2.03. The lowest BCUT2D eigenvalue weighted by Gasteiger charge is -2.03. The molecular formula is C7H7ClN4O. The second kappa shape index (κ2) is 4.48. The first-order valence-electron chi connectivity index (χ1n) is 3.52. The fraction of sp³-hybridized carbons (Fsp3) is 0.286. The van der Waals surface area contributed by atoms with E-state index in [4.69, 9.17) is 27.3 Å². The molecule has 0 saturated carbocycles. The summed E-state index contributed by atoms with van der Waals surface area (Å²) in [5.74, 6) is 0.306. The molecule has 0 amide bonds. The summed E-state index contributed by atoms with van der Waals surface area (Å²) >= 11 is 5.69. The molecule has 0 aliphatic carbocycles. The summed E-state index contributed by atoms with van der Waals surface area (Å²) in [6.07, 6.45) is 1.63. The molecule has 1 aromatic rings. The van der Waals surface area contributed by atoms with Gasteiger partial charge in [0.05, 0.1) is 18.7 Å². The molecule has 0 atom stereocenters. The Morgan fingerprint density at radius 2 is 2.46 bits per heavy atom. The largest absolute Gasteiger partial charge is 0.475 e. The Balaban J connectivity index is 2.65. The monoisotopic (exact) mass is 198 g/mol. The van der Waals surface area contributed by atoms with Crippen molar-refractivity contribution in [3.8, 4) is 11.9 Å². The van der Waals surface area contributed by atoms with Gasteiger partial charge in [0.1, 0.15) is 11.6 Å². The van der Waals surface area contributed by atoms with E-state index in [0.717, 1.165) is 0 Å². The third-order valence-electron chi connectivity index (χ3n) is 1.18. The third kappa shape index (κ3) is 2.76. The predicted molar refractivity (Wildman–Crippen MR) is 47.2 cm³/mol. The summed E-state index contributed by atoms with van der Waals surface area (Å²) in [4.78, 5) is 7.40. The van der Waals surface area contributed by atoms with Crippen LogP contribution in [-0.2, 0) is 0 Å². The van der Waals surface area contributed by atoms with Crippen molar-refractivity contribution in [2.24, 2.45) is 0 Å². The van der Waals surface area contributed by atoms with Crippen molar-refractivity contribution in [2.75, 3.05) is 12.3 Å². The van der Waals surface area contributed by atoms with E-state index in [2.05, 4.69) is 9.97 Å². The molecule has 0 aliphatic heterocycles. The maximum Gasteiger partial charge on any atom is 0.237 e. The zero-order chi connectivity index (χ0) is 9.68. The van der Waals surface area contributed by atoms with E-state index in [1.165, 1.54) is 6.20 Å². The molecule has 0 fully saturated rings. The minimum Gasteiger partial charge on any atom is -0.475 e. The quantitative estimate of drug-likeness (QED) is 0.733. The van der Waals surface area contributed by atoms with Crippen molar-refractivity contribution in [2.45, 2.75) is 6.42 Å². The van der Waals surface area contributed by atoms with E-state index in [0.29, 0.717) is 0 Å². The molecule has 0 aromatic carbocycles. The van der Waals surface area contributed by atoms with Gasteiger partial charge in [0.2, 0.25) is 11.8 Å². The molecule has 0 saturated heterocycles. The Morgan fingerprint density at radius 3 is 3.15 bits per heavy atom. The topological polar surface area (TPSA) is 84.8 Å². The van der Waals surface area contributed by atoms with Crippen LogP contribution in [0.15, 0.2) is 6.20 Å². The Bertz CT molecular complexity index is 336. The highest BCUT2D eigenvalue weighted by molar-refractivity contribution is 6.31. The number of aromatic nitrogens is 2. The zero-order valence-corrected chi connectivity index (χ0v) is 7.45. The van der Waals surface area contributed by atoms with Crippen LogP contribution < -0.4 is 10.5 Å². The average Bonchev–Trinajstić information content (AvgIpc) is 2.11. The van der Waals surface area contributed by atoms with Gasteiger partial charge >= 0.3 is 0 Å². The number of ether oxygens (including phenoxy) is 1. The lowest BCUT2D eigenvalue weighted by atomic mass is 10.5. The molecule has 5 nitrogen and oxygen atoms in total. The molecule has 1 heterocycles. The van der Waals surface area contributed by atoms with Gasteiger partial charge in [-0.3, -0.25) is 0 Å². The van der Waals surface area contributed by atoms with Crippen LogP contribution in [0.5, 0.6) is 5.88 Å². The minimum atomic E-state index is 0.0938. The van der Waals surface area contributed by atoms with E-state index >= 15 is 0 Å². The molecule has 1 rings (SSSR count). The molecule has 6 heteroatoms. The number of rotatable bonds is 3. The van der Waals surface area contributed by atoms with Gasteiger partial charge < -0.3 is 10.5 Å². The van der Waals surface area contributed by atoms with Gasteiger partial charge in [-0.05, 0) is 0 Å². The molecule has 1 aromatic heterocycles. The second-order valence-electron chi connectivity index (χ2n) is 2.14. The fourth-order valence-electron chi connectivity index (χ4n) is 0.659. The first-order valence-corrected chi connectivity index (χ1v) is 3.89. The first kappa shape index (κ1) is 9.55. The molecule has 0 spiro atoms. The Labute approximate surface area is 80.1 Å². The van der Waals surface area contributed by atoms with Crippen LogP contribution in [0.1, 0.15) is 6.42 Å². The molecular weight excluding hydrogens is 192 g/mol. The Kier molecular flexibility index (Phi) is 3.29. The van der Waals surface area contributed by atoms with Crippen LogP contribution in [0.2, 0.25) is 5.02 Å². The van der Waals surface area contributed by atoms with Crippen molar-refractivity contribution < 1.29 is 4.74 Å². The van der Waals surface area contributed by atoms with Crippen LogP contribution in [0, 0.1) is 11.3 Å². The number of hydrogen-bond donors (Lipinski definition) is 1. The molecule has 0 radical (unpaired) electrons. The van der Waals surface area contributed by atoms with Gasteiger partial charge in [-0.2, -0.15) is 10.2 Å². The van der Waals surface area contributed by atoms with Crippen molar-refractivity contribution in [1.82, 2.24) is 9.97 Å². The number of nitriles is 1. The number of nitrogens with two attached hydrogens (primary N) is 1. The van der Waals surface area contributed by atoms with Crippen molar-refractivity contribution in [3.05, 3.63) is 11.2 Å². The summed E-state index contributed by atoms with van der Waals surface area (Å²) in [6.45, 7) is 0.243. The van der Waals surface area contributed by atoms with Gasteiger partial charge in [0.15, 0.2) is 0 Å². The van der Waals surface area contributed by atoms with E-state index in [1.807, 2.05) is 6.07 Å². The standard InChI is InChI=1S/C7H7ClN4O/c8-5-4-11-7(10)12-6(5)13-3-1-2-9/h4H,1,3H2,(H2,10,11,12). The zero-order valence-electron chi connectivity index (χ0n) is 6.70. The molecule has 68 valence electrons. The Hall–Kier alpha value is -1.54. The molecule has 2 N–H and O–H groups in total. The number of nitrogen functional groups attached to an aromatic ring is 1. The third-order valence-corrected chi connectivity index (χ3v) is 1.44. The Morgan fingerprint density at radius 1 is 1.69 bits per heavy atom. The summed E-state index contributed by atoms with van der Waals surface area (Å²) in [5, 5.41) is 8.53. The van der Waals surface area contributed by atoms with Crippen molar-refractivity contribution in [3.63, 3.8) is 0 Å². The van der Waals surface area contributed by atoms with E-state index < -0.39 is 0 Å². The predicted octanol–water partition coefficient (Wildman–Crippen LogP) is 1.00. The summed E-state index contributed by atoms with van der Waals surface area (Å²) < 4.78 is 5.07. The SMILES string of the molecule is N#CCCOc1nc(N)ncc1Cl. The number of hydrogen-bond acceptors (Lipinski definition) is 5. The summed E-state index contributed by atoms with van der Waals surface area (Å²) in [7, 11) is 0. The number of halogens is 1. The van der Waals surface area contributed by atoms with Crippen LogP contribution in [0.3, 0.4) is 0 Å². The van der Waals surface area contributed by atoms with Gasteiger partial charge in [-0.25, -0.2) is 4.98 Å². The van der Waals surface area contributed by atoms with Crippen molar-refractivity contribution in [1.29, 1.82) is 5.26 Å². The minimum absolute atomic E-state index is 0.0938. The normalized spacial score (nSPS) is 9.23. The lowest BCUT2D eigenvalue weighted by molar-refractivity contribution is 0.314. The molecule has 13 heavy (non-hydrogen) atoms. The van der Waals surface area contributed by atoms with E-state index in [1.54, 1.807) is 0 Å². The molecule has 0 bridgehead atoms. The van der Waals surface area contributed by atoms with E-state index in [-0.39, 0.29) is 29.9 Å². The lowest BCUT2D eigenvalue weighted by Crippen LogP contribution is -2.02. The number of nitrogens with zero attached hydrogens (tertiary/aromatic N) is 3. The van der Waals surface area contributed by atoms with E-state index in [9.17, 15) is 0 Å². The summed E-state index contributed by atoms with van der Waals surface area (Å²) in [5.41, 5.74) is 5.31. The van der Waals surface area contributed by atoms with Crippen LogP contribution in [0.25, 0.3) is 0 Å². The van der Waals surface area contributed by atoms with Crippen LogP contribution in [0.4, 0.5) is 5.95 Å². The van der Waals surface area contributed by atoms with Gasteiger partial charge in [-0.15, -0.1) is 0 Å². The van der Waals surface area contributed by atoms with Crippen LogP contribution in [-0.4, -0.2) is 16.6 Å². The maximum atomic E-state index is 8.25. The van der Waals surface area contributed by atoms with Crippen LogP contribution >= 0.6 is 11.6 Å². The van der Waals surface area contributed by atoms with Gasteiger partial charge in [0, 0.05) is 0 Å². The molecule has 0 unspecified atom stereocenters. The van der Waals surface area contributed by atoms with Gasteiger partial charge in [0.25, 0.3) is 0 Å². The highest BCUT2D eigenvalue weighted by atomic mass is 35.5. The van der Waals surface area contributed by atoms with Gasteiger partial charge in [-0.1, -0.05) is 11.6 Å². The maximum absolute atomic E-state index is 8.25. The highest BCUT2D eigenvalue weighted by Crippen LogP contribution is 2.20. The van der Waals surface area contributed by atoms with Crippen molar-refractivity contribution >= 4 is 17.5 Å².